The van der Waals surface area contributed by atoms with Crippen LogP contribution in [0.1, 0.15) is 68.4 Å². The molecule has 1 heterocycles. The topological polar surface area (TPSA) is 106 Å². The van der Waals surface area contributed by atoms with Gasteiger partial charge < -0.3 is 15.4 Å². The fourth-order valence-electron chi connectivity index (χ4n) is 3.85. The summed E-state index contributed by atoms with van der Waals surface area (Å²) in [7, 11) is 1.71. The Bertz CT molecular complexity index is 1100. The number of carbonyl (C=O) groups excluding carboxylic acids is 3. The standard InChI is InChI=1S/C26H35N5O4/c1-18(33)28-15-20-9-6-8-19(14-20)12-13-23(31-24(27-5)21(17-32)16-29-31)30(22-10-7-11-22)25(34)35-26(2,3)4/h6,8-9,13-14,16-17,22,27H,7,10-12,15H2,1-5H3,(H,28,33)/b23-13-. The number of amides is 2. The second-order valence-electron chi connectivity index (χ2n) is 9.66. The van der Waals surface area contributed by atoms with Crippen LogP contribution in [-0.2, 0) is 22.5 Å². The summed E-state index contributed by atoms with van der Waals surface area (Å²) in [5.41, 5.74) is 1.73. The molecule has 0 bridgehead atoms. The van der Waals surface area contributed by atoms with Crippen molar-refractivity contribution in [3.63, 3.8) is 0 Å². The van der Waals surface area contributed by atoms with Crippen molar-refractivity contribution in [3.8, 4) is 0 Å². The lowest BCUT2D eigenvalue weighted by atomic mass is 9.91. The van der Waals surface area contributed by atoms with Crippen molar-refractivity contribution in [3.05, 3.63) is 53.2 Å². The van der Waals surface area contributed by atoms with Gasteiger partial charge >= 0.3 is 6.09 Å². The summed E-state index contributed by atoms with van der Waals surface area (Å²) in [5, 5.41) is 10.3. The number of allylic oxidation sites excluding steroid dienone is 1. The van der Waals surface area contributed by atoms with Crippen molar-refractivity contribution < 1.29 is 19.1 Å². The van der Waals surface area contributed by atoms with Crippen LogP contribution in [0.25, 0.3) is 5.82 Å². The molecule has 0 aliphatic heterocycles. The summed E-state index contributed by atoms with van der Waals surface area (Å²) in [4.78, 5) is 37.9. The monoisotopic (exact) mass is 481 g/mol. The number of anilines is 1. The number of benzene rings is 1. The minimum absolute atomic E-state index is 0.0178. The number of ether oxygens (including phenoxy) is 1. The van der Waals surface area contributed by atoms with Crippen LogP contribution >= 0.6 is 0 Å². The van der Waals surface area contributed by atoms with E-state index in [0.29, 0.717) is 30.2 Å². The number of hydrogen-bond acceptors (Lipinski definition) is 6. The molecule has 2 aromatic rings. The van der Waals surface area contributed by atoms with Gasteiger partial charge in [-0.05, 0) is 63.7 Å². The summed E-state index contributed by atoms with van der Waals surface area (Å²) in [6.07, 6.45) is 6.96. The molecule has 0 unspecified atom stereocenters. The highest BCUT2D eigenvalue weighted by atomic mass is 16.6. The van der Waals surface area contributed by atoms with Crippen LogP contribution in [-0.4, -0.2) is 51.7 Å². The Morgan fingerprint density at radius 1 is 1.26 bits per heavy atom. The summed E-state index contributed by atoms with van der Waals surface area (Å²) in [5.74, 6) is 0.947. The van der Waals surface area contributed by atoms with Crippen LogP contribution in [0.15, 0.2) is 36.5 Å². The van der Waals surface area contributed by atoms with E-state index in [9.17, 15) is 14.4 Å². The molecule has 1 aliphatic carbocycles. The molecular weight excluding hydrogens is 446 g/mol. The molecular formula is C26H35N5O4. The normalized spacial score (nSPS) is 14.1. The van der Waals surface area contributed by atoms with Crippen molar-refractivity contribution in [2.75, 3.05) is 12.4 Å². The van der Waals surface area contributed by atoms with Gasteiger partial charge in [0, 0.05) is 26.6 Å². The molecule has 1 saturated carbocycles. The van der Waals surface area contributed by atoms with E-state index in [1.165, 1.54) is 13.1 Å². The van der Waals surface area contributed by atoms with Crippen molar-refractivity contribution in [1.29, 1.82) is 0 Å². The molecule has 9 nitrogen and oxygen atoms in total. The maximum absolute atomic E-state index is 13.4. The molecule has 3 rings (SSSR count). The lowest BCUT2D eigenvalue weighted by Gasteiger charge is -2.39. The number of aromatic nitrogens is 2. The molecule has 2 N–H and O–H groups in total. The third-order valence-electron chi connectivity index (χ3n) is 5.71. The number of carbonyl (C=O) groups is 3. The van der Waals surface area contributed by atoms with Gasteiger partial charge in [-0.15, -0.1) is 0 Å². The van der Waals surface area contributed by atoms with Crippen LogP contribution in [0.3, 0.4) is 0 Å². The first-order valence-corrected chi connectivity index (χ1v) is 11.9. The van der Waals surface area contributed by atoms with Gasteiger partial charge in [0.15, 0.2) is 6.29 Å². The molecule has 0 saturated heterocycles. The Balaban J connectivity index is 2.02. The number of aldehydes is 1. The zero-order valence-electron chi connectivity index (χ0n) is 21.1. The Kier molecular flexibility index (Phi) is 8.32. The van der Waals surface area contributed by atoms with E-state index in [2.05, 4.69) is 15.7 Å². The highest BCUT2D eigenvalue weighted by Crippen LogP contribution is 2.33. The van der Waals surface area contributed by atoms with Gasteiger partial charge in [0.25, 0.3) is 0 Å². The first kappa shape index (κ1) is 26.0. The molecule has 0 spiro atoms. The average molecular weight is 482 g/mol. The van der Waals surface area contributed by atoms with Gasteiger partial charge in [-0.3, -0.25) is 14.5 Å². The van der Waals surface area contributed by atoms with Gasteiger partial charge in [0.1, 0.15) is 17.2 Å². The minimum atomic E-state index is -0.661. The Hall–Kier alpha value is -3.62. The minimum Gasteiger partial charge on any atom is -0.443 e. The van der Waals surface area contributed by atoms with E-state index < -0.39 is 11.7 Å². The second kappa shape index (κ2) is 11.2. The molecule has 0 radical (unpaired) electrons. The molecule has 1 fully saturated rings. The first-order valence-electron chi connectivity index (χ1n) is 11.9. The molecule has 1 aromatic carbocycles. The zero-order chi connectivity index (χ0) is 25.6. The fourth-order valence-corrected chi connectivity index (χ4v) is 3.85. The number of hydrogen-bond donors (Lipinski definition) is 2. The van der Waals surface area contributed by atoms with Crippen LogP contribution in [0.5, 0.6) is 0 Å². The lowest BCUT2D eigenvalue weighted by Crippen LogP contribution is -2.46. The third-order valence-corrected chi connectivity index (χ3v) is 5.71. The average Bonchev–Trinajstić information content (AvgIpc) is 3.17. The number of nitrogens with one attached hydrogen (secondary N) is 2. The number of nitrogens with zero attached hydrogens (tertiary/aromatic N) is 3. The smallest absolute Gasteiger partial charge is 0.416 e. The van der Waals surface area contributed by atoms with Crippen molar-refractivity contribution in [1.82, 2.24) is 20.0 Å². The predicted molar refractivity (Wildman–Crippen MR) is 135 cm³/mol. The van der Waals surface area contributed by atoms with Gasteiger partial charge in [-0.2, -0.15) is 5.10 Å². The van der Waals surface area contributed by atoms with Gasteiger partial charge in [0.05, 0.1) is 11.8 Å². The van der Waals surface area contributed by atoms with Gasteiger partial charge in [-0.25, -0.2) is 9.48 Å². The van der Waals surface area contributed by atoms with E-state index in [1.54, 1.807) is 16.6 Å². The summed E-state index contributed by atoms with van der Waals surface area (Å²) in [6, 6.07) is 7.88. The second-order valence-corrected chi connectivity index (χ2v) is 9.66. The van der Waals surface area contributed by atoms with Crippen molar-refractivity contribution in [2.45, 2.75) is 71.6 Å². The maximum atomic E-state index is 13.4. The third kappa shape index (κ3) is 6.71. The molecule has 1 aliphatic rings. The van der Waals surface area contributed by atoms with Gasteiger partial charge in [0.2, 0.25) is 5.91 Å². The largest absolute Gasteiger partial charge is 0.443 e. The van der Waals surface area contributed by atoms with E-state index in [1.807, 2.05) is 51.1 Å². The Morgan fingerprint density at radius 3 is 2.54 bits per heavy atom. The summed E-state index contributed by atoms with van der Waals surface area (Å²) >= 11 is 0. The predicted octanol–water partition coefficient (Wildman–Crippen LogP) is 4.20. The lowest BCUT2D eigenvalue weighted by molar-refractivity contribution is -0.119. The SMILES string of the molecule is CNc1c(C=O)cnn1/C(=C\Cc1cccc(CNC(C)=O)c1)N(C(=O)OC(C)(C)C)C1CCC1. The van der Waals surface area contributed by atoms with Crippen molar-refractivity contribution in [2.24, 2.45) is 0 Å². The summed E-state index contributed by atoms with van der Waals surface area (Å²) < 4.78 is 7.36. The number of rotatable bonds is 9. The van der Waals surface area contributed by atoms with Crippen molar-refractivity contribution >= 4 is 29.9 Å². The van der Waals surface area contributed by atoms with E-state index in [4.69, 9.17) is 4.74 Å². The van der Waals surface area contributed by atoms with Crippen LogP contribution in [0, 0.1) is 0 Å². The Morgan fingerprint density at radius 2 is 1.97 bits per heavy atom. The first-order chi connectivity index (χ1) is 16.6. The van der Waals surface area contributed by atoms with Gasteiger partial charge in [-0.1, -0.05) is 24.3 Å². The van der Waals surface area contributed by atoms with E-state index in [-0.39, 0.29) is 11.9 Å². The quantitative estimate of drug-likeness (QED) is 0.520. The molecule has 188 valence electrons. The zero-order valence-corrected chi connectivity index (χ0v) is 21.1. The van der Waals surface area contributed by atoms with Crippen LogP contribution < -0.4 is 10.6 Å². The molecule has 1 aromatic heterocycles. The van der Waals surface area contributed by atoms with E-state index in [0.717, 1.165) is 36.7 Å². The van der Waals surface area contributed by atoms with Crippen LogP contribution in [0.2, 0.25) is 0 Å². The Labute approximate surface area is 206 Å². The molecule has 35 heavy (non-hydrogen) atoms. The molecule has 0 atom stereocenters. The summed E-state index contributed by atoms with van der Waals surface area (Å²) in [6.45, 7) is 7.45. The fraction of sp³-hybridized carbons (Fsp3) is 0.462. The highest BCUT2D eigenvalue weighted by molar-refractivity contribution is 5.85. The molecule has 2 amide bonds. The van der Waals surface area contributed by atoms with Crippen LogP contribution in [0.4, 0.5) is 10.6 Å². The maximum Gasteiger partial charge on any atom is 0.416 e. The van der Waals surface area contributed by atoms with E-state index >= 15 is 0 Å². The highest BCUT2D eigenvalue weighted by Gasteiger charge is 2.36. The molecule has 9 heteroatoms.